The van der Waals surface area contributed by atoms with Gasteiger partial charge < -0.3 is 14.7 Å². The van der Waals surface area contributed by atoms with Crippen molar-refractivity contribution in [3.05, 3.63) is 82.1 Å². The second-order valence-electron chi connectivity index (χ2n) is 9.54. The summed E-state index contributed by atoms with van der Waals surface area (Å²) < 4.78 is 48.6. The van der Waals surface area contributed by atoms with Gasteiger partial charge in [-0.2, -0.15) is 18.3 Å². The number of amides is 1. The van der Waals surface area contributed by atoms with Crippen LogP contribution in [0.2, 0.25) is 5.02 Å². The van der Waals surface area contributed by atoms with Crippen molar-refractivity contribution in [3.8, 4) is 17.0 Å². The van der Waals surface area contributed by atoms with Crippen LogP contribution >= 0.6 is 11.6 Å². The topological polar surface area (TPSA) is 83.2 Å². The van der Waals surface area contributed by atoms with E-state index in [9.17, 15) is 23.1 Å². The Bertz CT molecular complexity index is 1530. The van der Waals surface area contributed by atoms with Gasteiger partial charge in [0.2, 0.25) is 0 Å². The summed E-state index contributed by atoms with van der Waals surface area (Å²) in [6, 6.07) is 13.5. The molecule has 0 saturated carbocycles. The van der Waals surface area contributed by atoms with Crippen molar-refractivity contribution in [2.75, 3.05) is 39.9 Å². The third-order valence-electron chi connectivity index (χ3n) is 7.19. The Balaban J connectivity index is 1.45. The Morgan fingerprint density at radius 3 is 2.42 bits per heavy atom. The number of benzene rings is 2. The molecule has 0 aliphatic carbocycles. The van der Waals surface area contributed by atoms with Gasteiger partial charge in [0.1, 0.15) is 11.3 Å². The van der Waals surface area contributed by atoms with Crippen LogP contribution in [-0.2, 0) is 6.18 Å². The molecule has 12 heteroatoms. The second-order valence-corrected chi connectivity index (χ2v) is 9.97. The summed E-state index contributed by atoms with van der Waals surface area (Å²) in [5, 5.41) is 14.5. The molecule has 5 rings (SSSR count). The molecule has 2 aromatic carbocycles. The maximum absolute atomic E-state index is 14.2. The van der Waals surface area contributed by atoms with Gasteiger partial charge in [-0.3, -0.25) is 9.69 Å². The molecular weight excluding hydrogens is 547 g/mol. The van der Waals surface area contributed by atoms with Gasteiger partial charge in [0.05, 0.1) is 31.6 Å². The predicted octanol–water partition coefficient (Wildman–Crippen LogP) is 4.88. The fourth-order valence-corrected chi connectivity index (χ4v) is 5.34. The predicted molar refractivity (Wildman–Crippen MR) is 143 cm³/mol. The molecule has 1 aliphatic rings. The van der Waals surface area contributed by atoms with Crippen LogP contribution in [0.3, 0.4) is 0 Å². The Hall–Kier alpha value is -3.67. The lowest BCUT2D eigenvalue weighted by Crippen LogP contribution is -2.50. The van der Waals surface area contributed by atoms with E-state index in [1.807, 2.05) is 12.1 Å². The van der Waals surface area contributed by atoms with E-state index in [4.69, 9.17) is 16.3 Å². The summed E-state index contributed by atoms with van der Waals surface area (Å²) in [5.41, 5.74) is 0.162. The number of aliphatic hydroxyl groups excluding tert-OH is 1. The van der Waals surface area contributed by atoms with Crippen LogP contribution in [0.15, 0.2) is 54.7 Å². The fourth-order valence-electron chi connectivity index (χ4n) is 5.14. The molecule has 0 unspecified atom stereocenters. The number of piperazine rings is 1. The molecule has 4 aromatic rings. The van der Waals surface area contributed by atoms with E-state index in [-0.39, 0.29) is 35.1 Å². The number of ether oxygens (including phenoxy) is 1. The molecule has 1 amide bonds. The lowest BCUT2D eigenvalue weighted by Gasteiger charge is -2.38. The first-order valence-electron chi connectivity index (χ1n) is 12.6. The lowest BCUT2D eigenvalue weighted by molar-refractivity contribution is -0.143. The number of carbonyl (C=O) groups is 1. The number of halogens is 4. The normalized spacial score (nSPS) is 15.4. The van der Waals surface area contributed by atoms with Gasteiger partial charge >= 0.3 is 6.18 Å². The van der Waals surface area contributed by atoms with Gasteiger partial charge in [-0.15, -0.1) is 0 Å². The minimum Gasteiger partial charge on any atom is -0.497 e. The zero-order valence-electron chi connectivity index (χ0n) is 21.8. The van der Waals surface area contributed by atoms with E-state index in [1.165, 1.54) is 14.0 Å². The maximum atomic E-state index is 14.2. The van der Waals surface area contributed by atoms with Gasteiger partial charge in [0, 0.05) is 42.3 Å². The third-order valence-corrected chi connectivity index (χ3v) is 7.43. The van der Waals surface area contributed by atoms with E-state index in [2.05, 4.69) is 15.0 Å². The van der Waals surface area contributed by atoms with Crippen LogP contribution in [0, 0.1) is 6.92 Å². The lowest BCUT2D eigenvalue weighted by atomic mass is 10.0. The van der Waals surface area contributed by atoms with Crippen LogP contribution in [0.1, 0.15) is 33.2 Å². The SMILES string of the molecule is COc1ccc(-c2nc3c(C(=O)N4CCN([C@@H](CO)c5cccc(Cl)c5)CC4)cnn3c(C(F)(F)F)c2C)cc1. The molecule has 1 N–H and O–H groups in total. The Labute approximate surface area is 233 Å². The van der Waals surface area contributed by atoms with Crippen molar-refractivity contribution in [2.45, 2.75) is 19.1 Å². The van der Waals surface area contributed by atoms with Gasteiger partial charge in [0.25, 0.3) is 5.91 Å². The van der Waals surface area contributed by atoms with Crippen molar-refractivity contribution in [1.29, 1.82) is 0 Å². The van der Waals surface area contributed by atoms with Crippen LogP contribution in [-0.4, -0.2) is 75.3 Å². The number of aliphatic hydroxyl groups is 1. The van der Waals surface area contributed by atoms with Crippen molar-refractivity contribution in [2.24, 2.45) is 0 Å². The molecule has 0 spiro atoms. The first kappa shape index (κ1) is 27.9. The monoisotopic (exact) mass is 573 g/mol. The minimum atomic E-state index is -4.73. The molecule has 210 valence electrons. The molecule has 1 atom stereocenters. The fraction of sp³-hybridized carbons (Fsp3) is 0.321. The second kappa shape index (κ2) is 11.1. The van der Waals surface area contributed by atoms with Crippen molar-refractivity contribution >= 4 is 23.2 Å². The first-order chi connectivity index (χ1) is 19.1. The van der Waals surface area contributed by atoms with E-state index < -0.39 is 17.8 Å². The molecule has 3 heterocycles. The average Bonchev–Trinajstić information content (AvgIpc) is 3.35. The van der Waals surface area contributed by atoms with Crippen molar-refractivity contribution in [3.63, 3.8) is 0 Å². The summed E-state index contributed by atoms with van der Waals surface area (Å²) in [6.07, 6.45) is -3.59. The summed E-state index contributed by atoms with van der Waals surface area (Å²) in [6.45, 7) is 2.77. The zero-order chi connectivity index (χ0) is 28.6. The molecule has 1 fully saturated rings. The summed E-state index contributed by atoms with van der Waals surface area (Å²) in [5.74, 6) is 0.0970. The highest BCUT2D eigenvalue weighted by Gasteiger charge is 2.39. The summed E-state index contributed by atoms with van der Waals surface area (Å²) in [4.78, 5) is 21.7. The highest BCUT2D eigenvalue weighted by atomic mass is 35.5. The van der Waals surface area contributed by atoms with Crippen LogP contribution in [0.25, 0.3) is 16.9 Å². The largest absolute Gasteiger partial charge is 0.497 e. The number of methoxy groups -OCH3 is 1. The maximum Gasteiger partial charge on any atom is 0.433 e. The van der Waals surface area contributed by atoms with E-state index in [0.717, 1.165) is 11.8 Å². The molecule has 1 saturated heterocycles. The number of nitrogens with zero attached hydrogens (tertiary/aromatic N) is 5. The Kier molecular flexibility index (Phi) is 7.72. The minimum absolute atomic E-state index is 0.0118. The van der Waals surface area contributed by atoms with Gasteiger partial charge in [-0.05, 0) is 48.9 Å². The molecule has 2 aromatic heterocycles. The number of carbonyl (C=O) groups excluding carboxylic acids is 1. The summed E-state index contributed by atoms with van der Waals surface area (Å²) >= 11 is 6.12. The van der Waals surface area contributed by atoms with Gasteiger partial charge in [0.15, 0.2) is 11.3 Å². The number of aromatic nitrogens is 3. The van der Waals surface area contributed by atoms with E-state index in [0.29, 0.717) is 47.0 Å². The Morgan fingerprint density at radius 1 is 1.12 bits per heavy atom. The van der Waals surface area contributed by atoms with Crippen LogP contribution in [0.4, 0.5) is 13.2 Å². The van der Waals surface area contributed by atoms with Crippen LogP contribution < -0.4 is 4.74 Å². The molecule has 40 heavy (non-hydrogen) atoms. The standard InChI is InChI=1S/C28H27ClF3N5O3/c1-17-24(18-6-8-21(40-2)9-7-18)34-26-22(15-33-37(26)25(17)28(30,31)32)27(39)36-12-10-35(11-13-36)23(16-38)19-4-3-5-20(29)14-19/h3-9,14-15,23,38H,10-13,16H2,1-2H3/t23-/m0/s1. The number of hydrogen-bond acceptors (Lipinski definition) is 6. The molecule has 8 nitrogen and oxygen atoms in total. The third kappa shape index (κ3) is 5.24. The van der Waals surface area contributed by atoms with E-state index >= 15 is 0 Å². The van der Waals surface area contributed by atoms with E-state index in [1.54, 1.807) is 41.3 Å². The number of alkyl halides is 3. The van der Waals surface area contributed by atoms with Gasteiger partial charge in [-0.25, -0.2) is 9.50 Å². The highest BCUT2D eigenvalue weighted by Crippen LogP contribution is 2.37. The van der Waals surface area contributed by atoms with Crippen molar-refractivity contribution < 1.29 is 27.8 Å². The average molecular weight is 574 g/mol. The van der Waals surface area contributed by atoms with Crippen molar-refractivity contribution in [1.82, 2.24) is 24.4 Å². The molecule has 0 radical (unpaired) electrons. The van der Waals surface area contributed by atoms with Crippen LogP contribution in [0.5, 0.6) is 5.75 Å². The smallest absolute Gasteiger partial charge is 0.433 e. The number of rotatable bonds is 6. The highest BCUT2D eigenvalue weighted by molar-refractivity contribution is 6.30. The summed E-state index contributed by atoms with van der Waals surface area (Å²) in [7, 11) is 1.50. The number of hydrogen-bond donors (Lipinski definition) is 1. The Morgan fingerprint density at radius 2 is 1.82 bits per heavy atom. The molecule has 0 bridgehead atoms. The molecule has 1 aliphatic heterocycles. The first-order valence-corrected chi connectivity index (χ1v) is 13.0. The quantitative estimate of drug-likeness (QED) is 0.354. The zero-order valence-corrected chi connectivity index (χ0v) is 22.6. The number of fused-ring (bicyclic) bond motifs is 1. The molecular formula is C28H27ClF3N5O3. The van der Waals surface area contributed by atoms with Gasteiger partial charge in [-0.1, -0.05) is 23.7 Å².